The van der Waals surface area contributed by atoms with Gasteiger partial charge in [-0.25, -0.2) is 0 Å². The number of alkyl halides is 1. The highest BCUT2D eigenvalue weighted by Crippen LogP contribution is 2.46. The van der Waals surface area contributed by atoms with Crippen LogP contribution in [0.2, 0.25) is 0 Å². The SMILES string of the molecule is COc1ccc2[nH]c(C(=O)N3CC(CCl)c4c3cc(-c3ccc(C)cc3)c3ccccc43)cc2c1. The van der Waals surface area contributed by atoms with Gasteiger partial charge in [-0.3, -0.25) is 4.79 Å². The first kappa shape index (κ1) is 21.8. The summed E-state index contributed by atoms with van der Waals surface area (Å²) in [5.41, 5.74) is 7.01. The van der Waals surface area contributed by atoms with Crippen molar-refractivity contribution in [3.8, 4) is 16.9 Å². The Bertz CT molecular complexity index is 1590. The summed E-state index contributed by atoms with van der Waals surface area (Å²) in [5.74, 6) is 1.23. The van der Waals surface area contributed by atoms with Crippen LogP contribution >= 0.6 is 11.6 Å². The van der Waals surface area contributed by atoms with E-state index in [2.05, 4.69) is 66.5 Å². The molecule has 1 aliphatic rings. The molecule has 35 heavy (non-hydrogen) atoms. The number of aromatic nitrogens is 1. The number of carbonyl (C=O) groups is 1. The lowest BCUT2D eigenvalue weighted by atomic mass is 9.90. The lowest BCUT2D eigenvalue weighted by molar-refractivity contribution is 0.0984. The van der Waals surface area contributed by atoms with Gasteiger partial charge in [0, 0.05) is 34.9 Å². The van der Waals surface area contributed by atoms with Crippen molar-refractivity contribution in [3.05, 3.63) is 95.7 Å². The number of ether oxygens (including phenoxy) is 1. The molecule has 0 saturated carbocycles. The molecule has 0 fully saturated rings. The highest BCUT2D eigenvalue weighted by atomic mass is 35.5. The van der Waals surface area contributed by atoms with Crippen LogP contribution in [-0.2, 0) is 0 Å². The largest absolute Gasteiger partial charge is 0.497 e. The molecule has 1 amide bonds. The number of H-pyrrole nitrogens is 1. The summed E-state index contributed by atoms with van der Waals surface area (Å²) in [7, 11) is 1.64. The fourth-order valence-corrected chi connectivity index (χ4v) is 5.49. The van der Waals surface area contributed by atoms with E-state index < -0.39 is 0 Å². The number of methoxy groups -OCH3 is 1. The summed E-state index contributed by atoms with van der Waals surface area (Å²) >= 11 is 6.46. The van der Waals surface area contributed by atoms with E-state index in [0.717, 1.165) is 44.4 Å². The third-order valence-corrected chi connectivity index (χ3v) is 7.39. The molecule has 0 bridgehead atoms. The van der Waals surface area contributed by atoms with Crippen LogP contribution in [0.1, 0.15) is 27.5 Å². The van der Waals surface area contributed by atoms with E-state index in [0.29, 0.717) is 18.1 Å². The quantitative estimate of drug-likeness (QED) is 0.274. The van der Waals surface area contributed by atoms with Gasteiger partial charge in [-0.2, -0.15) is 0 Å². The Labute approximate surface area is 209 Å². The molecule has 0 saturated heterocycles. The molecule has 1 N–H and O–H groups in total. The molecule has 5 aromatic rings. The number of nitrogens with one attached hydrogen (secondary N) is 1. The smallest absolute Gasteiger partial charge is 0.274 e. The second-order valence-electron chi connectivity index (χ2n) is 9.17. The molecule has 1 unspecified atom stereocenters. The second-order valence-corrected chi connectivity index (χ2v) is 9.48. The molecule has 0 radical (unpaired) electrons. The minimum atomic E-state index is -0.0563. The zero-order valence-electron chi connectivity index (χ0n) is 19.6. The van der Waals surface area contributed by atoms with Crippen LogP contribution in [0.4, 0.5) is 5.69 Å². The van der Waals surface area contributed by atoms with Crippen molar-refractivity contribution in [2.24, 2.45) is 0 Å². The lowest BCUT2D eigenvalue weighted by Gasteiger charge is -2.19. The maximum absolute atomic E-state index is 13.8. The van der Waals surface area contributed by atoms with Crippen LogP contribution in [0.25, 0.3) is 32.8 Å². The van der Waals surface area contributed by atoms with Gasteiger partial charge in [0.1, 0.15) is 11.4 Å². The van der Waals surface area contributed by atoms with Gasteiger partial charge in [0.25, 0.3) is 5.91 Å². The molecule has 2 heterocycles. The van der Waals surface area contributed by atoms with Gasteiger partial charge in [0.05, 0.1) is 7.11 Å². The van der Waals surface area contributed by atoms with E-state index in [1.165, 1.54) is 10.9 Å². The van der Waals surface area contributed by atoms with Gasteiger partial charge in [-0.05, 0) is 64.7 Å². The van der Waals surface area contributed by atoms with Crippen LogP contribution in [0, 0.1) is 6.92 Å². The molecule has 6 rings (SSSR count). The topological polar surface area (TPSA) is 45.3 Å². The molecular formula is C30H25ClN2O2. The second kappa shape index (κ2) is 8.47. The number of nitrogens with zero attached hydrogens (tertiary/aromatic N) is 1. The number of aromatic amines is 1. The van der Waals surface area contributed by atoms with Crippen LogP contribution in [0.15, 0.2) is 78.9 Å². The molecule has 1 aliphatic heterocycles. The number of halogens is 1. The van der Waals surface area contributed by atoms with Crippen molar-refractivity contribution >= 4 is 44.9 Å². The number of aryl methyl sites for hydroxylation is 1. The van der Waals surface area contributed by atoms with E-state index in [1.807, 2.05) is 29.2 Å². The Morgan fingerprint density at radius 1 is 1.03 bits per heavy atom. The molecule has 0 spiro atoms. The van der Waals surface area contributed by atoms with Crippen LogP contribution in [0.5, 0.6) is 5.75 Å². The van der Waals surface area contributed by atoms with Crippen molar-refractivity contribution in [2.75, 3.05) is 24.4 Å². The third-order valence-electron chi connectivity index (χ3n) is 7.02. The predicted octanol–water partition coefficient (Wildman–Crippen LogP) is 7.29. The third kappa shape index (κ3) is 3.57. The minimum Gasteiger partial charge on any atom is -0.497 e. The number of fused-ring (bicyclic) bond motifs is 4. The van der Waals surface area contributed by atoms with Crippen molar-refractivity contribution in [1.82, 2.24) is 4.98 Å². The Morgan fingerprint density at radius 3 is 2.54 bits per heavy atom. The molecule has 1 aromatic heterocycles. The van der Waals surface area contributed by atoms with E-state index in [4.69, 9.17) is 16.3 Å². The first-order chi connectivity index (χ1) is 17.1. The first-order valence-electron chi connectivity index (χ1n) is 11.7. The van der Waals surface area contributed by atoms with Gasteiger partial charge in [0.2, 0.25) is 0 Å². The van der Waals surface area contributed by atoms with Crippen LogP contribution in [-0.4, -0.2) is 30.4 Å². The van der Waals surface area contributed by atoms with Gasteiger partial charge < -0.3 is 14.6 Å². The highest BCUT2D eigenvalue weighted by molar-refractivity contribution is 6.19. The van der Waals surface area contributed by atoms with Crippen molar-refractivity contribution < 1.29 is 9.53 Å². The summed E-state index contributed by atoms with van der Waals surface area (Å²) < 4.78 is 5.35. The molecule has 4 aromatic carbocycles. The summed E-state index contributed by atoms with van der Waals surface area (Å²) in [6, 6.07) is 26.8. The van der Waals surface area contributed by atoms with E-state index >= 15 is 0 Å². The van der Waals surface area contributed by atoms with E-state index in [9.17, 15) is 4.79 Å². The van der Waals surface area contributed by atoms with E-state index in [-0.39, 0.29) is 11.8 Å². The maximum atomic E-state index is 13.8. The normalized spacial score (nSPS) is 15.1. The molecule has 174 valence electrons. The highest BCUT2D eigenvalue weighted by Gasteiger charge is 2.35. The van der Waals surface area contributed by atoms with Crippen LogP contribution < -0.4 is 9.64 Å². The number of hydrogen-bond donors (Lipinski definition) is 1. The van der Waals surface area contributed by atoms with Crippen molar-refractivity contribution in [2.45, 2.75) is 12.8 Å². The monoisotopic (exact) mass is 480 g/mol. The number of hydrogen-bond acceptors (Lipinski definition) is 2. The van der Waals surface area contributed by atoms with E-state index in [1.54, 1.807) is 7.11 Å². The fraction of sp³-hybridized carbons (Fsp3) is 0.167. The number of benzene rings is 4. The number of carbonyl (C=O) groups excluding carboxylic acids is 1. The number of anilines is 1. The molecule has 0 aliphatic carbocycles. The minimum absolute atomic E-state index is 0.0563. The molecule has 1 atom stereocenters. The van der Waals surface area contributed by atoms with Gasteiger partial charge in [-0.1, -0.05) is 54.1 Å². The summed E-state index contributed by atoms with van der Waals surface area (Å²) in [4.78, 5) is 19.0. The van der Waals surface area contributed by atoms with Crippen LogP contribution in [0.3, 0.4) is 0 Å². The average molecular weight is 481 g/mol. The number of amides is 1. The Morgan fingerprint density at radius 2 is 1.80 bits per heavy atom. The zero-order valence-corrected chi connectivity index (χ0v) is 20.4. The average Bonchev–Trinajstić information content (AvgIpc) is 3.49. The molecule has 5 heteroatoms. The standard InChI is InChI=1S/C30H25ClN2O2/c1-18-7-9-19(10-8-18)25-15-28-29(24-6-4-3-5-23(24)25)21(16-31)17-33(28)30(34)27-14-20-13-22(35-2)11-12-26(20)32-27/h3-15,21,32H,16-17H2,1-2H3. The van der Waals surface area contributed by atoms with Gasteiger partial charge in [-0.15, -0.1) is 11.6 Å². The Balaban J connectivity index is 1.52. The predicted molar refractivity (Wildman–Crippen MR) is 144 cm³/mol. The summed E-state index contributed by atoms with van der Waals surface area (Å²) in [6.45, 7) is 2.64. The van der Waals surface area contributed by atoms with Gasteiger partial charge in [0.15, 0.2) is 0 Å². The van der Waals surface area contributed by atoms with Crippen molar-refractivity contribution in [3.63, 3.8) is 0 Å². The summed E-state index contributed by atoms with van der Waals surface area (Å²) in [6.07, 6.45) is 0. The maximum Gasteiger partial charge on any atom is 0.274 e. The molecule has 4 nitrogen and oxygen atoms in total. The Kier molecular flexibility index (Phi) is 5.27. The van der Waals surface area contributed by atoms with Gasteiger partial charge >= 0.3 is 0 Å². The Hall–Kier alpha value is -3.76. The fourth-order valence-electron chi connectivity index (χ4n) is 5.23. The number of rotatable bonds is 4. The van der Waals surface area contributed by atoms with Crippen molar-refractivity contribution in [1.29, 1.82) is 0 Å². The zero-order chi connectivity index (χ0) is 24.1. The lowest BCUT2D eigenvalue weighted by Crippen LogP contribution is -2.30. The molecular weight excluding hydrogens is 456 g/mol. The first-order valence-corrected chi connectivity index (χ1v) is 12.3. The summed E-state index contributed by atoms with van der Waals surface area (Å²) in [5, 5.41) is 3.28.